The molecule has 1 unspecified atom stereocenters. The summed E-state index contributed by atoms with van der Waals surface area (Å²) in [7, 11) is 0. The standard InChI is InChI=1S/C12H13Cl2NO2/c1-7(16)15-10-3-2-6-17-12-8(10)4-5-9(13)11(12)14/h4-5,10H,2-3,6H2,1H3,(H,15,16). The van der Waals surface area contributed by atoms with Crippen molar-refractivity contribution in [1.82, 2.24) is 5.32 Å². The van der Waals surface area contributed by atoms with Crippen LogP contribution in [0.2, 0.25) is 10.0 Å². The van der Waals surface area contributed by atoms with Gasteiger partial charge in [-0.05, 0) is 18.9 Å². The van der Waals surface area contributed by atoms with Crippen molar-refractivity contribution < 1.29 is 9.53 Å². The molecule has 0 radical (unpaired) electrons. The van der Waals surface area contributed by atoms with Gasteiger partial charge in [0.15, 0.2) is 0 Å². The highest BCUT2D eigenvalue weighted by molar-refractivity contribution is 6.43. The Morgan fingerprint density at radius 3 is 2.94 bits per heavy atom. The fraction of sp³-hybridized carbons (Fsp3) is 0.417. The van der Waals surface area contributed by atoms with Gasteiger partial charge < -0.3 is 10.1 Å². The summed E-state index contributed by atoms with van der Waals surface area (Å²) in [6, 6.07) is 3.53. The van der Waals surface area contributed by atoms with Crippen molar-refractivity contribution in [1.29, 1.82) is 0 Å². The van der Waals surface area contributed by atoms with Crippen molar-refractivity contribution in [2.45, 2.75) is 25.8 Å². The topological polar surface area (TPSA) is 38.3 Å². The normalized spacial score (nSPS) is 18.9. The smallest absolute Gasteiger partial charge is 0.217 e. The maximum Gasteiger partial charge on any atom is 0.217 e. The van der Waals surface area contributed by atoms with E-state index in [2.05, 4.69) is 5.32 Å². The highest BCUT2D eigenvalue weighted by Crippen LogP contribution is 2.40. The second-order valence-corrected chi connectivity index (χ2v) is 4.81. The Hall–Kier alpha value is -0.930. The zero-order valence-corrected chi connectivity index (χ0v) is 10.9. The summed E-state index contributed by atoms with van der Waals surface area (Å²) in [5.74, 6) is 0.532. The molecule has 0 spiro atoms. The molecule has 0 saturated carbocycles. The third-order valence-electron chi connectivity index (χ3n) is 2.72. The van der Waals surface area contributed by atoms with Gasteiger partial charge in [0, 0.05) is 12.5 Å². The van der Waals surface area contributed by atoms with Crippen molar-refractivity contribution in [2.75, 3.05) is 6.61 Å². The Morgan fingerprint density at radius 1 is 1.47 bits per heavy atom. The van der Waals surface area contributed by atoms with Crippen LogP contribution in [0.25, 0.3) is 0 Å². The predicted octanol–water partition coefficient (Wildman–Crippen LogP) is 3.34. The van der Waals surface area contributed by atoms with Crippen molar-refractivity contribution in [3.05, 3.63) is 27.7 Å². The van der Waals surface area contributed by atoms with Gasteiger partial charge in [-0.2, -0.15) is 0 Å². The lowest BCUT2D eigenvalue weighted by Gasteiger charge is -2.18. The third kappa shape index (κ3) is 2.67. The largest absolute Gasteiger partial charge is 0.492 e. The quantitative estimate of drug-likeness (QED) is 0.852. The fourth-order valence-electron chi connectivity index (χ4n) is 1.98. The molecule has 2 rings (SSSR count). The molecule has 1 aromatic carbocycles. The molecule has 0 aromatic heterocycles. The molecule has 0 saturated heterocycles. The summed E-state index contributed by atoms with van der Waals surface area (Å²) in [5.41, 5.74) is 0.895. The molecule has 1 aliphatic heterocycles. The molecule has 17 heavy (non-hydrogen) atoms. The van der Waals surface area contributed by atoms with Gasteiger partial charge in [0.1, 0.15) is 10.8 Å². The van der Waals surface area contributed by atoms with Crippen LogP contribution in [-0.4, -0.2) is 12.5 Å². The number of hydrogen-bond acceptors (Lipinski definition) is 2. The van der Waals surface area contributed by atoms with Gasteiger partial charge >= 0.3 is 0 Å². The summed E-state index contributed by atoms with van der Waals surface area (Å²) in [6.45, 7) is 2.09. The summed E-state index contributed by atoms with van der Waals surface area (Å²) < 4.78 is 5.60. The first kappa shape index (κ1) is 12.5. The van der Waals surface area contributed by atoms with Gasteiger partial charge in [-0.1, -0.05) is 29.3 Å². The van der Waals surface area contributed by atoms with Gasteiger partial charge in [0.25, 0.3) is 0 Å². The van der Waals surface area contributed by atoms with E-state index in [0.29, 0.717) is 22.4 Å². The molecule has 1 aromatic rings. The van der Waals surface area contributed by atoms with Gasteiger partial charge in [0.2, 0.25) is 5.91 Å². The Labute approximate surface area is 110 Å². The molecule has 1 N–H and O–H groups in total. The Morgan fingerprint density at radius 2 is 2.24 bits per heavy atom. The van der Waals surface area contributed by atoms with E-state index in [1.807, 2.05) is 6.07 Å². The summed E-state index contributed by atoms with van der Waals surface area (Å²) >= 11 is 12.1. The summed E-state index contributed by atoms with van der Waals surface area (Å²) in [6.07, 6.45) is 1.71. The molecular weight excluding hydrogens is 261 g/mol. The number of carbonyl (C=O) groups is 1. The molecule has 0 fully saturated rings. The third-order valence-corrected chi connectivity index (χ3v) is 3.50. The molecule has 1 atom stereocenters. The lowest BCUT2D eigenvalue weighted by molar-refractivity contribution is -0.119. The Kier molecular flexibility index (Phi) is 3.79. The van der Waals surface area contributed by atoms with Crippen LogP contribution < -0.4 is 10.1 Å². The maximum atomic E-state index is 11.2. The molecule has 1 amide bonds. The number of rotatable bonds is 1. The first-order valence-corrected chi connectivity index (χ1v) is 6.23. The summed E-state index contributed by atoms with van der Waals surface area (Å²) in [5, 5.41) is 3.79. The van der Waals surface area contributed by atoms with E-state index in [9.17, 15) is 4.79 Å². The second-order valence-electron chi connectivity index (χ2n) is 4.02. The molecule has 0 bridgehead atoms. The maximum absolute atomic E-state index is 11.2. The summed E-state index contributed by atoms with van der Waals surface area (Å²) in [4.78, 5) is 11.2. The number of benzene rings is 1. The highest BCUT2D eigenvalue weighted by Gasteiger charge is 2.23. The minimum atomic E-state index is -0.0612. The van der Waals surface area contributed by atoms with Crippen LogP contribution in [0.5, 0.6) is 5.75 Å². The van der Waals surface area contributed by atoms with Crippen LogP contribution in [0.15, 0.2) is 12.1 Å². The van der Waals surface area contributed by atoms with Crippen molar-refractivity contribution in [2.24, 2.45) is 0 Å². The molecular formula is C12H13Cl2NO2. The van der Waals surface area contributed by atoms with Gasteiger partial charge in [-0.25, -0.2) is 0 Å². The zero-order valence-electron chi connectivity index (χ0n) is 9.43. The second kappa shape index (κ2) is 5.15. The number of fused-ring (bicyclic) bond motifs is 1. The van der Waals surface area contributed by atoms with E-state index in [-0.39, 0.29) is 11.9 Å². The number of carbonyl (C=O) groups excluding carboxylic acids is 1. The number of halogens is 2. The number of amides is 1. The lowest BCUT2D eigenvalue weighted by Crippen LogP contribution is -2.25. The van der Waals surface area contributed by atoms with E-state index in [1.165, 1.54) is 6.92 Å². The number of nitrogens with one attached hydrogen (secondary N) is 1. The van der Waals surface area contributed by atoms with Crippen LogP contribution in [0, 0.1) is 0 Å². The van der Waals surface area contributed by atoms with Crippen LogP contribution in [0.3, 0.4) is 0 Å². The van der Waals surface area contributed by atoms with E-state index < -0.39 is 0 Å². The molecule has 1 heterocycles. The van der Waals surface area contributed by atoms with Crippen LogP contribution >= 0.6 is 23.2 Å². The molecule has 3 nitrogen and oxygen atoms in total. The Balaban J connectivity index is 2.42. The average Bonchev–Trinajstić information content (AvgIpc) is 2.46. The molecule has 92 valence electrons. The fourth-order valence-corrected chi connectivity index (χ4v) is 2.36. The lowest BCUT2D eigenvalue weighted by atomic mass is 10.0. The number of ether oxygens (including phenoxy) is 1. The first-order valence-electron chi connectivity index (χ1n) is 5.47. The number of hydrogen-bond donors (Lipinski definition) is 1. The van der Waals surface area contributed by atoms with Crippen molar-refractivity contribution in [3.8, 4) is 5.75 Å². The molecule has 0 aliphatic carbocycles. The zero-order chi connectivity index (χ0) is 12.4. The van der Waals surface area contributed by atoms with Crippen LogP contribution in [0.1, 0.15) is 31.4 Å². The van der Waals surface area contributed by atoms with Gasteiger partial charge in [-0.15, -0.1) is 0 Å². The van der Waals surface area contributed by atoms with Crippen molar-refractivity contribution >= 4 is 29.1 Å². The SMILES string of the molecule is CC(=O)NC1CCCOc2c1ccc(Cl)c2Cl. The average molecular weight is 274 g/mol. The van der Waals surface area contributed by atoms with E-state index in [4.69, 9.17) is 27.9 Å². The molecule has 1 aliphatic rings. The minimum Gasteiger partial charge on any atom is -0.492 e. The van der Waals surface area contributed by atoms with Gasteiger partial charge in [0.05, 0.1) is 17.7 Å². The van der Waals surface area contributed by atoms with E-state index >= 15 is 0 Å². The van der Waals surface area contributed by atoms with Gasteiger partial charge in [-0.3, -0.25) is 4.79 Å². The van der Waals surface area contributed by atoms with E-state index in [1.54, 1.807) is 6.07 Å². The first-order chi connectivity index (χ1) is 8.09. The predicted molar refractivity (Wildman–Crippen MR) is 67.7 cm³/mol. The van der Waals surface area contributed by atoms with Crippen LogP contribution in [0.4, 0.5) is 0 Å². The van der Waals surface area contributed by atoms with Crippen molar-refractivity contribution in [3.63, 3.8) is 0 Å². The van der Waals surface area contributed by atoms with E-state index in [0.717, 1.165) is 18.4 Å². The van der Waals surface area contributed by atoms with Crippen LogP contribution in [-0.2, 0) is 4.79 Å². The highest BCUT2D eigenvalue weighted by atomic mass is 35.5. The monoisotopic (exact) mass is 273 g/mol. The minimum absolute atomic E-state index is 0.0558. The molecule has 5 heteroatoms. The Bertz CT molecular complexity index is 448.